The first-order chi connectivity index (χ1) is 17.7. The third-order valence-corrected chi connectivity index (χ3v) is 6.79. The quantitative estimate of drug-likeness (QED) is 0.292. The molecule has 0 aliphatic rings. The van der Waals surface area contributed by atoms with E-state index in [0.29, 0.717) is 23.8 Å². The first-order valence-corrected chi connectivity index (χ1v) is 12.8. The van der Waals surface area contributed by atoms with Gasteiger partial charge in [0.2, 0.25) is 5.91 Å². The second kappa shape index (κ2) is 12.5. The Morgan fingerprint density at radius 2 is 1.57 bits per heavy atom. The molecule has 37 heavy (non-hydrogen) atoms. The molecule has 0 aliphatic heterocycles. The Balaban J connectivity index is 1.80. The van der Waals surface area contributed by atoms with Crippen molar-refractivity contribution in [1.29, 1.82) is 0 Å². The third-order valence-electron chi connectivity index (χ3n) is 5.00. The van der Waals surface area contributed by atoms with Crippen molar-refractivity contribution in [1.82, 2.24) is 5.43 Å². The number of nitrogens with one attached hydrogen (secondary N) is 2. The van der Waals surface area contributed by atoms with Crippen molar-refractivity contribution >= 4 is 39.4 Å². The number of hydrogen-bond donors (Lipinski definition) is 2. The van der Waals surface area contributed by atoms with Crippen molar-refractivity contribution in [3.8, 4) is 11.5 Å². The van der Waals surface area contributed by atoms with Crippen LogP contribution >= 0.6 is 0 Å². The molecule has 0 radical (unpaired) electrons. The fraction of sp³-hybridized carbons (Fsp3) is 0.192. The Morgan fingerprint density at radius 3 is 2.14 bits per heavy atom. The molecule has 0 atom stereocenters. The number of rotatable bonds is 11. The number of hydrazone groups is 1. The highest BCUT2D eigenvalue weighted by atomic mass is 32.2. The normalized spacial score (nSPS) is 11.1. The number of hydrogen-bond acceptors (Lipinski definition) is 7. The van der Waals surface area contributed by atoms with Gasteiger partial charge in [-0.05, 0) is 85.3 Å². The first-order valence-electron chi connectivity index (χ1n) is 11.3. The predicted octanol–water partition coefficient (Wildman–Crippen LogP) is 3.40. The van der Waals surface area contributed by atoms with Gasteiger partial charge in [0.05, 0.1) is 30.5 Å². The molecule has 10 nitrogen and oxygen atoms in total. The lowest BCUT2D eigenvalue weighted by molar-refractivity contribution is -0.119. The van der Waals surface area contributed by atoms with Gasteiger partial charge in [-0.2, -0.15) is 5.10 Å². The molecule has 2 N–H and O–H groups in total. The van der Waals surface area contributed by atoms with E-state index in [1.54, 1.807) is 48.5 Å². The molecule has 3 aromatic carbocycles. The number of anilines is 2. The van der Waals surface area contributed by atoms with Gasteiger partial charge in [0.15, 0.2) is 0 Å². The number of sulfonamides is 1. The summed E-state index contributed by atoms with van der Waals surface area (Å²) in [6.45, 7) is 3.27. The summed E-state index contributed by atoms with van der Waals surface area (Å²) >= 11 is 0. The predicted molar refractivity (Wildman–Crippen MR) is 142 cm³/mol. The summed E-state index contributed by atoms with van der Waals surface area (Å²) in [6, 6.07) is 19.1. The van der Waals surface area contributed by atoms with Crippen molar-refractivity contribution in [3.05, 3.63) is 78.4 Å². The van der Waals surface area contributed by atoms with Crippen LogP contribution in [0.1, 0.15) is 19.4 Å². The topological polar surface area (TPSA) is 126 Å². The van der Waals surface area contributed by atoms with Gasteiger partial charge in [0.25, 0.3) is 15.9 Å². The summed E-state index contributed by atoms with van der Waals surface area (Å²) < 4.78 is 38.5. The highest BCUT2D eigenvalue weighted by molar-refractivity contribution is 7.92. The van der Waals surface area contributed by atoms with E-state index in [1.807, 2.05) is 6.92 Å². The van der Waals surface area contributed by atoms with Crippen molar-refractivity contribution < 1.29 is 27.5 Å². The summed E-state index contributed by atoms with van der Waals surface area (Å²) in [5, 5.41) is 6.53. The molecule has 0 bridgehead atoms. The van der Waals surface area contributed by atoms with E-state index in [1.165, 1.54) is 44.5 Å². The van der Waals surface area contributed by atoms with Gasteiger partial charge in [-0.15, -0.1) is 0 Å². The zero-order valence-electron chi connectivity index (χ0n) is 20.7. The average Bonchev–Trinajstić information content (AvgIpc) is 2.88. The lowest BCUT2D eigenvalue weighted by atomic mass is 10.2. The Morgan fingerprint density at radius 1 is 0.946 bits per heavy atom. The van der Waals surface area contributed by atoms with Gasteiger partial charge in [-0.1, -0.05) is 0 Å². The molecule has 0 saturated heterocycles. The number of benzene rings is 3. The molecular weight excluding hydrogens is 496 g/mol. The molecule has 194 valence electrons. The maximum atomic E-state index is 13.5. The molecule has 3 aromatic rings. The lowest BCUT2D eigenvalue weighted by Gasteiger charge is -2.24. The van der Waals surface area contributed by atoms with E-state index in [2.05, 4.69) is 15.8 Å². The lowest BCUT2D eigenvalue weighted by Crippen LogP contribution is -2.39. The largest absolute Gasteiger partial charge is 0.497 e. The Labute approximate surface area is 216 Å². The Hall–Kier alpha value is -4.38. The molecule has 11 heteroatoms. The molecule has 0 aliphatic carbocycles. The van der Waals surface area contributed by atoms with Crippen LogP contribution in [0.15, 0.2) is 82.8 Å². The monoisotopic (exact) mass is 524 g/mol. The van der Waals surface area contributed by atoms with E-state index in [4.69, 9.17) is 9.47 Å². The number of carbonyl (C=O) groups excluding carboxylic acids is 2. The van der Waals surface area contributed by atoms with E-state index in [9.17, 15) is 18.0 Å². The van der Waals surface area contributed by atoms with Crippen LogP contribution in [0.5, 0.6) is 11.5 Å². The van der Waals surface area contributed by atoms with Crippen molar-refractivity contribution in [3.63, 3.8) is 0 Å². The Kier molecular flexibility index (Phi) is 9.22. The van der Waals surface area contributed by atoms with Gasteiger partial charge in [-0.25, -0.2) is 13.8 Å². The van der Waals surface area contributed by atoms with Gasteiger partial charge in [0, 0.05) is 12.6 Å². The second-order valence-corrected chi connectivity index (χ2v) is 9.57. The van der Waals surface area contributed by atoms with Crippen molar-refractivity contribution in [2.75, 3.05) is 29.9 Å². The molecule has 3 rings (SSSR count). The van der Waals surface area contributed by atoms with Crippen molar-refractivity contribution in [2.45, 2.75) is 18.7 Å². The summed E-state index contributed by atoms with van der Waals surface area (Å²) in [7, 11) is -2.65. The van der Waals surface area contributed by atoms with Crippen LogP contribution < -0.4 is 24.5 Å². The van der Waals surface area contributed by atoms with E-state index in [0.717, 1.165) is 9.87 Å². The smallest absolute Gasteiger partial charge is 0.264 e. The molecule has 0 saturated carbocycles. The Bertz CT molecular complexity index is 1340. The molecule has 0 heterocycles. The summed E-state index contributed by atoms with van der Waals surface area (Å²) in [5.41, 5.74) is 3.80. The first kappa shape index (κ1) is 27.2. The van der Waals surface area contributed by atoms with Crippen LogP contribution in [0.4, 0.5) is 11.4 Å². The van der Waals surface area contributed by atoms with Crippen molar-refractivity contribution in [2.24, 2.45) is 5.10 Å². The summed E-state index contributed by atoms with van der Waals surface area (Å²) in [5.74, 6) is 0.327. The minimum atomic E-state index is -4.15. The minimum absolute atomic E-state index is 0.0527. The van der Waals surface area contributed by atoms with Crippen LogP contribution in [-0.4, -0.2) is 46.7 Å². The van der Waals surface area contributed by atoms with Crippen LogP contribution in [0.25, 0.3) is 0 Å². The SMILES string of the molecule is CCOc1ccc(/C=N\NC(=O)CN(c2ccc(OC)cc2)S(=O)(=O)c2ccc(NC(C)=O)cc2)cc1. The van der Waals surface area contributed by atoms with Gasteiger partial charge < -0.3 is 14.8 Å². The van der Waals surface area contributed by atoms with Crippen LogP contribution in [0.3, 0.4) is 0 Å². The number of amides is 2. The van der Waals surface area contributed by atoms with Gasteiger partial charge in [0.1, 0.15) is 18.0 Å². The molecule has 0 unspecified atom stereocenters. The van der Waals surface area contributed by atoms with Gasteiger partial charge >= 0.3 is 0 Å². The summed E-state index contributed by atoms with van der Waals surface area (Å²) in [4.78, 5) is 23.9. The average molecular weight is 525 g/mol. The standard InChI is InChI=1S/C26H28N4O6S/c1-4-36-24-11-5-20(6-12-24)17-27-29-26(32)18-30(22-9-13-23(35-3)14-10-22)37(33,34)25-15-7-21(8-16-25)28-19(2)31/h5-17H,4,18H2,1-3H3,(H,28,31)(H,29,32)/b27-17-. The van der Waals surface area contributed by atoms with Gasteiger partial charge in [-0.3, -0.25) is 13.9 Å². The molecule has 0 fully saturated rings. The summed E-state index contributed by atoms with van der Waals surface area (Å²) in [6.07, 6.45) is 1.45. The number of methoxy groups -OCH3 is 1. The zero-order valence-corrected chi connectivity index (χ0v) is 21.5. The number of carbonyl (C=O) groups is 2. The molecular formula is C26H28N4O6S. The maximum absolute atomic E-state index is 13.5. The number of ether oxygens (including phenoxy) is 2. The maximum Gasteiger partial charge on any atom is 0.264 e. The fourth-order valence-electron chi connectivity index (χ4n) is 3.27. The van der Waals surface area contributed by atoms with Crippen LogP contribution in [-0.2, 0) is 19.6 Å². The minimum Gasteiger partial charge on any atom is -0.497 e. The highest BCUT2D eigenvalue weighted by Gasteiger charge is 2.27. The molecule has 0 aromatic heterocycles. The zero-order chi connectivity index (χ0) is 26.8. The molecule has 2 amide bonds. The fourth-order valence-corrected chi connectivity index (χ4v) is 4.69. The van der Waals surface area contributed by atoms with Crippen LogP contribution in [0.2, 0.25) is 0 Å². The van der Waals surface area contributed by atoms with Crippen LogP contribution in [0, 0.1) is 0 Å². The molecule has 0 spiro atoms. The third kappa shape index (κ3) is 7.55. The second-order valence-electron chi connectivity index (χ2n) is 7.71. The van der Waals surface area contributed by atoms with E-state index < -0.39 is 22.5 Å². The van der Waals surface area contributed by atoms with E-state index >= 15 is 0 Å². The van der Waals surface area contributed by atoms with E-state index in [-0.39, 0.29) is 16.5 Å². The number of nitrogens with zero attached hydrogens (tertiary/aromatic N) is 2. The highest BCUT2D eigenvalue weighted by Crippen LogP contribution is 2.26.